The number of aliphatic imine (C=N–C) groups is 1. The van der Waals surface area contributed by atoms with Crippen molar-refractivity contribution < 1.29 is 17.9 Å². The van der Waals surface area contributed by atoms with Crippen LogP contribution in [0.1, 0.15) is 31.0 Å². The number of halogens is 4. The van der Waals surface area contributed by atoms with Crippen molar-refractivity contribution in [3.05, 3.63) is 47.8 Å². The number of nitrogens with one attached hydrogen (secondary N) is 1. The molecule has 1 aromatic heterocycles. The van der Waals surface area contributed by atoms with Crippen LogP contribution >= 0.6 is 24.0 Å². The molecule has 1 N–H and O–H groups in total. The van der Waals surface area contributed by atoms with Crippen LogP contribution in [-0.2, 0) is 19.8 Å². The van der Waals surface area contributed by atoms with Gasteiger partial charge in [-0.2, -0.15) is 18.3 Å². The zero-order valence-corrected chi connectivity index (χ0v) is 19.4. The molecule has 1 aliphatic rings. The lowest BCUT2D eigenvalue weighted by atomic mass is 10.1. The molecule has 6 nitrogen and oxygen atoms in total. The molecule has 30 heavy (non-hydrogen) atoms. The first-order valence-electron chi connectivity index (χ1n) is 9.71. The summed E-state index contributed by atoms with van der Waals surface area (Å²) < 4.78 is 46.6. The average Bonchev–Trinajstić information content (AvgIpc) is 3.08. The maximum absolute atomic E-state index is 13.1. The SMILES string of the molecule is CCNC(=NCc1cn(C)nc1C(F)(F)F)N1CCC(Oc2ccccc2)CC1.I. The fraction of sp³-hybridized carbons (Fsp3) is 0.500. The van der Waals surface area contributed by atoms with Crippen LogP contribution in [0.2, 0.25) is 0 Å². The predicted molar refractivity (Wildman–Crippen MR) is 120 cm³/mol. The van der Waals surface area contributed by atoms with E-state index >= 15 is 0 Å². The van der Waals surface area contributed by atoms with Crippen molar-refractivity contribution in [2.75, 3.05) is 19.6 Å². The summed E-state index contributed by atoms with van der Waals surface area (Å²) in [4.78, 5) is 6.51. The molecule has 1 saturated heterocycles. The first-order chi connectivity index (χ1) is 13.9. The molecule has 1 fully saturated rings. The van der Waals surface area contributed by atoms with Gasteiger partial charge in [-0.25, -0.2) is 4.99 Å². The Bertz CT molecular complexity index is 818. The number of benzene rings is 1. The molecule has 0 bridgehead atoms. The monoisotopic (exact) mass is 537 g/mol. The van der Waals surface area contributed by atoms with Gasteiger partial charge in [0.05, 0.1) is 6.54 Å². The van der Waals surface area contributed by atoms with Crippen LogP contribution in [0.3, 0.4) is 0 Å². The van der Waals surface area contributed by atoms with Gasteiger partial charge >= 0.3 is 6.18 Å². The second-order valence-electron chi connectivity index (χ2n) is 6.96. The largest absolute Gasteiger partial charge is 0.490 e. The van der Waals surface area contributed by atoms with Crippen molar-refractivity contribution in [3.8, 4) is 5.75 Å². The van der Waals surface area contributed by atoms with Crippen LogP contribution in [-0.4, -0.2) is 46.4 Å². The zero-order chi connectivity index (χ0) is 20.9. The van der Waals surface area contributed by atoms with Crippen molar-refractivity contribution in [2.24, 2.45) is 12.0 Å². The Morgan fingerprint density at radius 2 is 1.90 bits per heavy atom. The van der Waals surface area contributed by atoms with Crippen molar-refractivity contribution in [3.63, 3.8) is 0 Å². The van der Waals surface area contributed by atoms with E-state index in [9.17, 15) is 13.2 Å². The smallest absolute Gasteiger partial charge is 0.435 e. The summed E-state index contributed by atoms with van der Waals surface area (Å²) in [5.74, 6) is 1.46. The molecule has 0 spiro atoms. The van der Waals surface area contributed by atoms with E-state index in [2.05, 4.69) is 20.3 Å². The van der Waals surface area contributed by atoms with E-state index in [0.29, 0.717) is 12.5 Å². The standard InChI is InChI=1S/C20H26F3N5O.HI/c1-3-24-19(25-13-15-14-27(2)26-18(15)20(21,22)23)28-11-9-17(10-12-28)29-16-7-5-4-6-8-16;/h4-8,14,17H,3,9-13H2,1-2H3,(H,24,25);1H. The molecule has 0 aliphatic carbocycles. The molecule has 0 amide bonds. The average molecular weight is 537 g/mol. The lowest BCUT2D eigenvalue weighted by molar-refractivity contribution is -0.142. The number of hydrogen-bond donors (Lipinski definition) is 1. The fourth-order valence-corrected chi connectivity index (χ4v) is 3.35. The van der Waals surface area contributed by atoms with Gasteiger partial charge in [-0.05, 0) is 19.1 Å². The lowest BCUT2D eigenvalue weighted by Gasteiger charge is -2.34. The van der Waals surface area contributed by atoms with Gasteiger partial charge in [-0.3, -0.25) is 4.68 Å². The third-order valence-corrected chi connectivity index (χ3v) is 4.69. The predicted octanol–water partition coefficient (Wildman–Crippen LogP) is 4.07. The molecule has 2 aromatic rings. The zero-order valence-electron chi connectivity index (χ0n) is 17.0. The van der Waals surface area contributed by atoms with E-state index in [1.807, 2.05) is 37.3 Å². The molecule has 3 rings (SSSR count). The molecule has 10 heteroatoms. The van der Waals surface area contributed by atoms with E-state index in [1.54, 1.807) is 0 Å². The second-order valence-corrected chi connectivity index (χ2v) is 6.96. The van der Waals surface area contributed by atoms with Gasteiger partial charge in [-0.15, -0.1) is 24.0 Å². The van der Waals surface area contributed by atoms with Gasteiger partial charge < -0.3 is 15.0 Å². The number of piperidine rings is 1. The minimum absolute atomic E-state index is 0. The summed E-state index contributed by atoms with van der Waals surface area (Å²) in [6, 6.07) is 9.69. The topological polar surface area (TPSA) is 54.7 Å². The Kier molecular flexibility index (Phi) is 8.80. The number of aryl methyl sites for hydroxylation is 1. The highest BCUT2D eigenvalue weighted by Crippen LogP contribution is 2.31. The van der Waals surface area contributed by atoms with Gasteiger partial charge in [0.15, 0.2) is 11.7 Å². The summed E-state index contributed by atoms with van der Waals surface area (Å²) in [5, 5.41) is 6.72. The minimum atomic E-state index is -4.49. The van der Waals surface area contributed by atoms with Crippen LogP contribution in [0.25, 0.3) is 0 Å². The van der Waals surface area contributed by atoms with Gasteiger partial charge in [0, 0.05) is 51.3 Å². The highest BCUT2D eigenvalue weighted by atomic mass is 127. The Hall–Kier alpha value is -1.98. The summed E-state index contributed by atoms with van der Waals surface area (Å²) >= 11 is 0. The summed E-state index contributed by atoms with van der Waals surface area (Å²) in [6.07, 6.45) is -1.36. The molecule has 0 unspecified atom stereocenters. The van der Waals surface area contributed by atoms with Gasteiger partial charge in [0.1, 0.15) is 11.9 Å². The van der Waals surface area contributed by atoms with Crippen molar-refractivity contribution >= 4 is 29.9 Å². The van der Waals surface area contributed by atoms with Gasteiger partial charge in [0.2, 0.25) is 0 Å². The molecular weight excluding hydrogens is 510 g/mol. The summed E-state index contributed by atoms with van der Waals surface area (Å²) in [5.41, 5.74) is -0.813. The maximum Gasteiger partial charge on any atom is 0.435 e. The summed E-state index contributed by atoms with van der Waals surface area (Å²) in [6.45, 7) is 3.95. The Labute approximate surface area is 191 Å². The molecule has 166 valence electrons. The van der Waals surface area contributed by atoms with E-state index in [0.717, 1.165) is 31.7 Å². The third-order valence-electron chi connectivity index (χ3n) is 4.69. The number of guanidine groups is 1. The molecular formula is C20H27F3IN5O. The number of likely N-dealkylation sites (tertiary alicyclic amines) is 1. The van der Waals surface area contributed by atoms with E-state index in [1.165, 1.54) is 17.9 Å². The molecule has 1 aromatic carbocycles. The van der Waals surface area contributed by atoms with E-state index in [-0.39, 0.29) is 42.2 Å². The van der Waals surface area contributed by atoms with Crippen LogP contribution in [0.15, 0.2) is 41.5 Å². The number of rotatable bonds is 5. The first-order valence-corrected chi connectivity index (χ1v) is 9.71. The minimum Gasteiger partial charge on any atom is -0.490 e. The Balaban J connectivity index is 0.00000320. The Morgan fingerprint density at radius 1 is 1.23 bits per heavy atom. The molecule has 0 saturated carbocycles. The Morgan fingerprint density at radius 3 is 2.50 bits per heavy atom. The molecule has 2 heterocycles. The van der Waals surface area contributed by atoms with Gasteiger partial charge in [0.25, 0.3) is 0 Å². The number of hydrogen-bond acceptors (Lipinski definition) is 3. The second kappa shape index (κ2) is 10.9. The van der Waals surface area contributed by atoms with Crippen molar-refractivity contribution in [2.45, 2.75) is 38.6 Å². The molecule has 1 aliphatic heterocycles. The van der Waals surface area contributed by atoms with E-state index < -0.39 is 11.9 Å². The molecule has 0 radical (unpaired) electrons. The van der Waals surface area contributed by atoms with Gasteiger partial charge in [-0.1, -0.05) is 18.2 Å². The first kappa shape index (κ1) is 24.3. The number of ether oxygens (including phenoxy) is 1. The van der Waals surface area contributed by atoms with E-state index in [4.69, 9.17) is 4.74 Å². The highest BCUT2D eigenvalue weighted by molar-refractivity contribution is 14.0. The normalized spacial score (nSPS) is 15.6. The maximum atomic E-state index is 13.1. The fourth-order valence-electron chi connectivity index (χ4n) is 3.35. The van der Waals surface area contributed by atoms with Crippen LogP contribution in [0.4, 0.5) is 13.2 Å². The number of alkyl halides is 3. The quantitative estimate of drug-likeness (QED) is 0.355. The van der Waals surface area contributed by atoms with Crippen molar-refractivity contribution in [1.82, 2.24) is 20.0 Å². The summed E-state index contributed by atoms with van der Waals surface area (Å²) in [7, 11) is 1.48. The third kappa shape index (κ3) is 6.51. The lowest BCUT2D eigenvalue weighted by Crippen LogP contribution is -2.47. The van der Waals surface area contributed by atoms with Crippen LogP contribution < -0.4 is 10.1 Å². The number of aromatic nitrogens is 2. The number of para-hydroxylation sites is 1. The highest BCUT2D eigenvalue weighted by Gasteiger charge is 2.36. The van der Waals surface area contributed by atoms with Crippen LogP contribution in [0.5, 0.6) is 5.75 Å². The number of nitrogens with zero attached hydrogens (tertiary/aromatic N) is 4. The van der Waals surface area contributed by atoms with Crippen LogP contribution in [0, 0.1) is 0 Å². The molecule has 0 atom stereocenters. The van der Waals surface area contributed by atoms with Crippen molar-refractivity contribution in [1.29, 1.82) is 0 Å².